The quantitative estimate of drug-likeness (QED) is 0.909. The van der Waals surface area contributed by atoms with E-state index in [4.69, 9.17) is 10.5 Å². The summed E-state index contributed by atoms with van der Waals surface area (Å²) in [5.74, 6) is 0.829. The van der Waals surface area contributed by atoms with Gasteiger partial charge in [0.2, 0.25) is 5.91 Å². The second kappa shape index (κ2) is 5.48. The lowest BCUT2D eigenvalue weighted by molar-refractivity contribution is 0.100. The van der Waals surface area contributed by atoms with E-state index in [1.807, 2.05) is 30.3 Å². The lowest BCUT2D eigenvalue weighted by atomic mass is 9.91. The summed E-state index contributed by atoms with van der Waals surface area (Å²) in [6.07, 6.45) is 0. The summed E-state index contributed by atoms with van der Waals surface area (Å²) in [7, 11) is 0. The van der Waals surface area contributed by atoms with Crippen molar-refractivity contribution in [2.45, 2.75) is 13.0 Å². The molecule has 0 aliphatic carbocycles. The maximum Gasteiger partial charge on any atom is 0.248 e. The van der Waals surface area contributed by atoms with Crippen LogP contribution in [-0.2, 0) is 0 Å². The Labute approximate surface area is 123 Å². The average molecular weight is 282 g/mol. The summed E-state index contributed by atoms with van der Waals surface area (Å²) >= 11 is 0. The Morgan fingerprint density at radius 3 is 2.86 bits per heavy atom. The Kier molecular flexibility index (Phi) is 3.52. The van der Waals surface area contributed by atoms with E-state index in [9.17, 15) is 4.79 Å². The first-order valence-corrected chi connectivity index (χ1v) is 7.03. The molecule has 108 valence electrons. The number of rotatable bonds is 3. The Hall–Kier alpha value is -2.49. The first-order chi connectivity index (χ1) is 10.1. The normalized spacial score (nSPS) is 20.2. The molecule has 21 heavy (non-hydrogen) atoms. The second-order valence-corrected chi connectivity index (χ2v) is 5.39. The molecule has 2 aromatic rings. The van der Waals surface area contributed by atoms with Crippen LogP contribution in [0.3, 0.4) is 0 Å². The molecule has 1 heterocycles. The van der Waals surface area contributed by atoms with Gasteiger partial charge in [-0.2, -0.15) is 0 Å². The molecule has 0 saturated carbocycles. The van der Waals surface area contributed by atoms with E-state index in [0.29, 0.717) is 18.1 Å². The number of nitrogens with one attached hydrogen (secondary N) is 1. The van der Waals surface area contributed by atoms with Crippen LogP contribution < -0.4 is 15.8 Å². The molecule has 0 aromatic heterocycles. The van der Waals surface area contributed by atoms with Gasteiger partial charge in [-0.25, -0.2) is 0 Å². The van der Waals surface area contributed by atoms with Crippen LogP contribution in [0, 0.1) is 5.92 Å². The lowest BCUT2D eigenvalue weighted by Crippen LogP contribution is -2.28. The number of ether oxygens (including phenoxy) is 1. The topological polar surface area (TPSA) is 64.3 Å². The number of para-hydroxylation sites is 1. The summed E-state index contributed by atoms with van der Waals surface area (Å²) < 4.78 is 5.75. The smallest absolute Gasteiger partial charge is 0.248 e. The number of fused-ring (bicyclic) bond motifs is 1. The number of hydrogen-bond acceptors (Lipinski definition) is 3. The number of primary amides is 1. The van der Waals surface area contributed by atoms with Crippen molar-refractivity contribution in [3.8, 4) is 5.75 Å². The van der Waals surface area contributed by atoms with Crippen molar-refractivity contribution in [1.29, 1.82) is 0 Å². The van der Waals surface area contributed by atoms with Crippen molar-refractivity contribution in [3.05, 3.63) is 59.7 Å². The highest BCUT2D eigenvalue weighted by atomic mass is 16.5. The number of carbonyl (C=O) groups excluding carboxylic acids is 1. The van der Waals surface area contributed by atoms with Gasteiger partial charge in [-0.1, -0.05) is 31.2 Å². The third kappa shape index (κ3) is 2.70. The number of carbonyl (C=O) groups is 1. The highest BCUT2D eigenvalue weighted by molar-refractivity contribution is 5.93. The van der Waals surface area contributed by atoms with Crippen LogP contribution >= 0.6 is 0 Å². The highest BCUT2D eigenvalue weighted by Crippen LogP contribution is 2.37. The third-order valence-corrected chi connectivity index (χ3v) is 3.79. The highest BCUT2D eigenvalue weighted by Gasteiger charge is 2.27. The molecular weight excluding hydrogens is 264 g/mol. The van der Waals surface area contributed by atoms with E-state index in [0.717, 1.165) is 17.0 Å². The lowest BCUT2D eigenvalue weighted by Gasteiger charge is -2.32. The zero-order chi connectivity index (χ0) is 14.8. The molecular formula is C17H18N2O2. The first-order valence-electron chi connectivity index (χ1n) is 7.03. The predicted octanol–water partition coefficient (Wildman–Crippen LogP) is 2.97. The molecule has 4 nitrogen and oxygen atoms in total. The molecule has 0 radical (unpaired) electrons. The van der Waals surface area contributed by atoms with Crippen LogP contribution in [0.15, 0.2) is 48.5 Å². The van der Waals surface area contributed by atoms with Gasteiger partial charge in [0.1, 0.15) is 5.75 Å². The third-order valence-electron chi connectivity index (χ3n) is 3.79. The summed E-state index contributed by atoms with van der Waals surface area (Å²) in [4.78, 5) is 11.3. The molecule has 0 bridgehead atoms. The van der Waals surface area contributed by atoms with Crippen molar-refractivity contribution >= 4 is 11.6 Å². The Balaban J connectivity index is 1.90. The summed E-state index contributed by atoms with van der Waals surface area (Å²) in [5, 5.41) is 3.49. The maximum absolute atomic E-state index is 11.3. The number of nitrogens with two attached hydrogens (primary N) is 1. The molecule has 3 rings (SSSR count). The fourth-order valence-electron chi connectivity index (χ4n) is 2.65. The van der Waals surface area contributed by atoms with Gasteiger partial charge in [0.15, 0.2) is 0 Å². The van der Waals surface area contributed by atoms with Gasteiger partial charge >= 0.3 is 0 Å². The second-order valence-electron chi connectivity index (χ2n) is 5.39. The molecule has 4 heteroatoms. The van der Waals surface area contributed by atoms with E-state index < -0.39 is 5.91 Å². The first kappa shape index (κ1) is 13.5. The molecule has 0 saturated heterocycles. The van der Waals surface area contributed by atoms with E-state index in [-0.39, 0.29) is 6.04 Å². The minimum Gasteiger partial charge on any atom is -0.493 e. The number of benzene rings is 2. The van der Waals surface area contributed by atoms with Crippen molar-refractivity contribution in [1.82, 2.24) is 0 Å². The molecule has 1 amide bonds. The number of amides is 1. The summed E-state index contributed by atoms with van der Waals surface area (Å²) in [5.41, 5.74) is 7.87. The standard InChI is InChI=1S/C17H18N2O2/c1-11-10-21-15-8-3-2-7-14(15)16(11)19-13-6-4-5-12(9-13)17(18)20/h2-9,11,16,19H,10H2,1H3,(H2,18,20). The fourth-order valence-corrected chi connectivity index (χ4v) is 2.65. The fraction of sp³-hybridized carbons (Fsp3) is 0.235. The zero-order valence-corrected chi connectivity index (χ0v) is 11.9. The van der Waals surface area contributed by atoms with Crippen LogP contribution in [0.2, 0.25) is 0 Å². The van der Waals surface area contributed by atoms with Crippen LogP contribution in [0.5, 0.6) is 5.75 Å². The van der Waals surface area contributed by atoms with Crippen molar-refractivity contribution in [2.75, 3.05) is 11.9 Å². The van der Waals surface area contributed by atoms with Gasteiger partial charge in [0.25, 0.3) is 0 Å². The molecule has 0 spiro atoms. The molecule has 3 N–H and O–H groups in total. The number of hydrogen-bond donors (Lipinski definition) is 2. The van der Waals surface area contributed by atoms with Crippen LogP contribution in [0.25, 0.3) is 0 Å². The number of anilines is 1. The summed E-state index contributed by atoms with van der Waals surface area (Å²) in [6, 6.07) is 15.5. The minimum absolute atomic E-state index is 0.151. The van der Waals surface area contributed by atoms with Gasteiger partial charge in [-0.15, -0.1) is 0 Å². The Bertz CT molecular complexity index is 669. The SMILES string of the molecule is CC1COc2ccccc2C1Nc1cccc(C(N)=O)c1. The van der Waals surface area contributed by atoms with Crippen molar-refractivity contribution in [3.63, 3.8) is 0 Å². The largest absolute Gasteiger partial charge is 0.493 e. The van der Waals surface area contributed by atoms with Crippen molar-refractivity contribution < 1.29 is 9.53 Å². The van der Waals surface area contributed by atoms with Gasteiger partial charge in [-0.3, -0.25) is 4.79 Å². The van der Waals surface area contributed by atoms with Crippen LogP contribution in [0.1, 0.15) is 28.9 Å². The van der Waals surface area contributed by atoms with E-state index in [1.54, 1.807) is 12.1 Å². The Morgan fingerprint density at radius 1 is 1.24 bits per heavy atom. The monoisotopic (exact) mass is 282 g/mol. The van der Waals surface area contributed by atoms with E-state index >= 15 is 0 Å². The molecule has 1 aliphatic rings. The van der Waals surface area contributed by atoms with E-state index in [1.165, 1.54) is 0 Å². The van der Waals surface area contributed by atoms with Gasteiger partial charge in [0, 0.05) is 22.7 Å². The molecule has 2 aromatic carbocycles. The Morgan fingerprint density at radius 2 is 2.05 bits per heavy atom. The predicted molar refractivity (Wildman–Crippen MR) is 82.4 cm³/mol. The molecule has 2 atom stereocenters. The molecule has 0 fully saturated rings. The van der Waals surface area contributed by atoms with Crippen LogP contribution in [-0.4, -0.2) is 12.5 Å². The molecule has 1 aliphatic heterocycles. The van der Waals surface area contributed by atoms with Gasteiger partial charge in [0.05, 0.1) is 12.6 Å². The zero-order valence-electron chi connectivity index (χ0n) is 11.9. The minimum atomic E-state index is -0.418. The van der Waals surface area contributed by atoms with Gasteiger partial charge < -0.3 is 15.8 Å². The van der Waals surface area contributed by atoms with Crippen LogP contribution in [0.4, 0.5) is 5.69 Å². The average Bonchev–Trinajstić information content (AvgIpc) is 2.50. The van der Waals surface area contributed by atoms with E-state index in [2.05, 4.69) is 18.3 Å². The van der Waals surface area contributed by atoms with Gasteiger partial charge in [-0.05, 0) is 24.3 Å². The molecule has 2 unspecified atom stereocenters. The maximum atomic E-state index is 11.3. The summed E-state index contributed by atoms with van der Waals surface area (Å²) in [6.45, 7) is 2.82. The van der Waals surface area contributed by atoms with Crippen molar-refractivity contribution in [2.24, 2.45) is 11.7 Å².